The summed E-state index contributed by atoms with van der Waals surface area (Å²) in [5, 5.41) is 3.62. The molecular formula is C18H23NO. The summed E-state index contributed by atoms with van der Waals surface area (Å²) in [6.07, 6.45) is 0. The summed E-state index contributed by atoms with van der Waals surface area (Å²) in [4.78, 5) is 0. The Kier molecular flexibility index (Phi) is 4.67. The second-order valence-electron chi connectivity index (χ2n) is 5.48. The third kappa shape index (κ3) is 3.32. The van der Waals surface area contributed by atoms with Gasteiger partial charge in [0.25, 0.3) is 0 Å². The minimum atomic E-state index is 0.271. The average Bonchev–Trinajstić information content (AvgIpc) is 2.46. The van der Waals surface area contributed by atoms with Crippen LogP contribution in [-0.2, 0) is 0 Å². The summed E-state index contributed by atoms with van der Waals surface area (Å²) in [6, 6.07) is 17.1. The lowest BCUT2D eigenvalue weighted by Crippen LogP contribution is -2.17. The maximum Gasteiger partial charge on any atom is 0.142 e. The highest BCUT2D eigenvalue weighted by atomic mass is 16.5. The molecule has 0 heterocycles. The molecule has 0 aliphatic heterocycles. The van der Waals surface area contributed by atoms with E-state index in [0.29, 0.717) is 5.92 Å². The molecule has 0 aromatic heterocycles. The highest BCUT2D eigenvalue weighted by molar-refractivity contribution is 5.58. The van der Waals surface area contributed by atoms with Crippen LogP contribution in [0, 0.1) is 12.8 Å². The van der Waals surface area contributed by atoms with Crippen molar-refractivity contribution in [2.45, 2.75) is 26.8 Å². The Morgan fingerprint density at radius 3 is 2.30 bits per heavy atom. The van der Waals surface area contributed by atoms with Crippen LogP contribution in [0.4, 0.5) is 5.69 Å². The van der Waals surface area contributed by atoms with Gasteiger partial charge >= 0.3 is 0 Å². The van der Waals surface area contributed by atoms with E-state index >= 15 is 0 Å². The molecule has 0 aliphatic carbocycles. The van der Waals surface area contributed by atoms with E-state index in [2.05, 4.69) is 68.6 Å². The van der Waals surface area contributed by atoms with Crippen molar-refractivity contribution in [2.24, 2.45) is 5.92 Å². The summed E-state index contributed by atoms with van der Waals surface area (Å²) in [7, 11) is 1.72. The summed E-state index contributed by atoms with van der Waals surface area (Å²) in [5.41, 5.74) is 3.54. The first-order chi connectivity index (χ1) is 9.61. The van der Waals surface area contributed by atoms with Crippen molar-refractivity contribution < 1.29 is 4.74 Å². The predicted octanol–water partition coefficient (Wildman–Crippen LogP) is 4.81. The quantitative estimate of drug-likeness (QED) is 0.840. The molecule has 0 fully saturated rings. The van der Waals surface area contributed by atoms with E-state index in [-0.39, 0.29) is 6.04 Å². The van der Waals surface area contributed by atoms with Gasteiger partial charge in [-0.25, -0.2) is 0 Å². The van der Waals surface area contributed by atoms with Crippen molar-refractivity contribution in [1.29, 1.82) is 0 Å². The molecule has 2 heteroatoms. The van der Waals surface area contributed by atoms with Crippen molar-refractivity contribution >= 4 is 5.69 Å². The number of hydrogen-bond donors (Lipinski definition) is 1. The smallest absolute Gasteiger partial charge is 0.142 e. The van der Waals surface area contributed by atoms with Gasteiger partial charge in [-0.05, 0) is 36.1 Å². The van der Waals surface area contributed by atoms with Gasteiger partial charge in [0.05, 0.1) is 18.8 Å². The second kappa shape index (κ2) is 6.47. The molecule has 0 saturated heterocycles. The number of nitrogens with one attached hydrogen (secondary N) is 1. The lowest BCUT2D eigenvalue weighted by molar-refractivity contribution is 0.414. The van der Waals surface area contributed by atoms with E-state index in [4.69, 9.17) is 4.74 Å². The van der Waals surface area contributed by atoms with Gasteiger partial charge in [0.1, 0.15) is 5.75 Å². The van der Waals surface area contributed by atoms with Crippen LogP contribution in [0.2, 0.25) is 0 Å². The number of methoxy groups -OCH3 is 1. The van der Waals surface area contributed by atoms with Crippen molar-refractivity contribution in [1.82, 2.24) is 0 Å². The highest BCUT2D eigenvalue weighted by Gasteiger charge is 2.17. The first-order valence-corrected chi connectivity index (χ1v) is 7.08. The first-order valence-electron chi connectivity index (χ1n) is 7.08. The van der Waals surface area contributed by atoms with Crippen molar-refractivity contribution in [3.05, 3.63) is 59.7 Å². The van der Waals surface area contributed by atoms with E-state index < -0.39 is 0 Å². The molecule has 2 rings (SSSR count). The molecule has 1 atom stereocenters. The summed E-state index contributed by atoms with van der Waals surface area (Å²) in [6.45, 7) is 6.53. The van der Waals surface area contributed by atoms with Gasteiger partial charge in [-0.15, -0.1) is 0 Å². The Morgan fingerprint density at radius 2 is 1.70 bits per heavy atom. The largest absolute Gasteiger partial charge is 0.495 e. The number of aryl methyl sites for hydroxylation is 1. The van der Waals surface area contributed by atoms with Crippen LogP contribution in [-0.4, -0.2) is 7.11 Å². The Bertz CT molecular complexity index is 549. The zero-order valence-electron chi connectivity index (χ0n) is 12.7. The molecule has 1 N–H and O–H groups in total. The second-order valence-corrected chi connectivity index (χ2v) is 5.48. The van der Waals surface area contributed by atoms with Crippen molar-refractivity contribution in [2.75, 3.05) is 12.4 Å². The first kappa shape index (κ1) is 14.4. The standard InChI is InChI=1S/C18H23NO/c1-13(2)18(15-8-6-5-7-9-15)19-16-11-10-14(3)12-17(16)20-4/h5-13,18-19H,1-4H3. The van der Waals surface area contributed by atoms with Gasteiger partial charge in [0.15, 0.2) is 0 Å². The zero-order chi connectivity index (χ0) is 14.5. The highest BCUT2D eigenvalue weighted by Crippen LogP contribution is 2.32. The van der Waals surface area contributed by atoms with Crippen molar-refractivity contribution in [3.63, 3.8) is 0 Å². The number of anilines is 1. The van der Waals surface area contributed by atoms with Gasteiger partial charge < -0.3 is 10.1 Å². The van der Waals surface area contributed by atoms with Crippen LogP contribution in [0.3, 0.4) is 0 Å². The molecule has 106 valence electrons. The van der Waals surface area contributed by atoms with E-state index in [1.807, 2.05) is 6.07 Å². The molecule has 0 bridgehead atoms. The number of benzene rings is 2. The Hall–Kier alpha value is -1.96. The molecule has 0 amide bonds. The van der Waals surface area contributed by atoms with Gasteiger partial charge in [-0.3, -0.25) is 0 Å². The van der Waals surface area contributed by atoms with Crippen LogP contribution in [0.15, 0.2) is 48.5 Å². The fourth-order valence-corrected chi connectivity index (χ4v) is 2.38. The SMILES string of the molecule is COc1cc(C)ccc1NC(c1ccccc1)C(C)C. The van der Waals surface area contributed by atoms with Gasteiger partial charge in [0, 0.05) is 0 Å². The number of hydrogen-bond acceptors (Lipinski definition) is 2. The fraction of sp³-hybridized carbons (Fsp3) is 0.333. The Morgan fingerprint density at radius 1 is 1.00 bits per heavy atom. The lowest BCUT2D eigenvalue weighted by atomic mass is 9.95. The maximum absolute atomic E-state index is 5.48. The zero-order valence-corrected chi connectivity index (χ0v) is 12.7. The van der Waals surface area contributed by atoms with Gasteiger partial charge in [-0.1, -0.05) is 50.2 Å². The molecular weight excluding hydrogens is 246 g/mol. The summed E-state index contributed by atoms with van der Waals surface area (Å²) >= 11 is 0. The van der Waals surface area contributed by atoms with E-state index in [0.717, 1.165) is 11.4 Å². The minimum Gasteiger partial charge on any atom is -0.495 e. The van der Waals surface area contributed by atoms with Crippen molar-refractivity contribution in [3.8, 4) is 5.75 Å². The molecule has 0 aliphatic rings. The van der Waals surface area contributed by atoms with Crippen LogP contribution in [0.1, 0.15) is 31.0 Å². The van der Waals surface area contributed by atoms with Gasteiger partial charge in [-0.2, -0.15) is 0 Å². The molecule has 0 saturated carbocycles. The Labute approximate surface area is 121 Å². The third-order valence-electron chi connectivity index (χ3n) is 3.49. The predicted molar refractivity (Wildman–Crippen MR) is 85.4 cm³/mol. The van der Waals surface area contributed by atoms with Gasteiger partial charge in [0.2, 0.25) is 0 Å². The van der Waals surface area contributed by atoms with Crippen LogP contribution >= 0.6 is 0 Å². The number of rotatable bonds is 5. The van der Waals surface area contributed by atoms with E-state index in [9.17, 15) is 0 Å². The molecule has 0 spiro atoms. The molecule has 20 heavy (non-hydrogen) atoms. The molecule has 2 nitrogen and oxygen atoms in total. The lowest BCUT2D eigenvalue weighted by Gasteiger charge is -2.25. The van der Waals surface area contributed by atoms with Crippen LogP contribution in [0.5, 0.6) is 5.75 Å². The van der Waals surface area contributed by atoms with E-state index in [1.165, 1.54) is 11.1 Å². The Balaban J connectivity index is 2.30. The van der Waals surface area contributed by atoms with Crippen LogP contribution < -0.4 is 10.1 Å². The summed E-state index contributed by atoms with van der Waals surface area (Å²) < 4.78 is 5.48. The normalized spacial score (nSPS) is 12.2. The maximum atomic E-state index is 5.48. The molecule has 0 radical (unpaired) electrons. The average molecular weight is 269 g/mol. The topological polar surface area (TPSA) is 21.3 Å². The summed E-state index contributed by atoms with van der Waals surface area (Å²) in [5.74, 6) is 1.38. The third-order valence-corrected chi connectivity index (χ3v) is 3.49. The molecule has 2 aromatic carbocycles. The minimum absolute atomic E-state index is 0.271. The monoisotopic (exact) mass is 269 g/mol. The van der Waals surface area contributed by atoms with Crippen LogP contribution in [0.25, 0.3) is 0 Å². The molecule has 1 unspecified atom stereocenters. The van der Waals surface area contributed by atoms with E-state index in [1.54, 1.807) is 7.11 Å². The molecule has 2 aromatic rings. The fourth-order valence-electron chi connectivity index (χ4n) is 2.38. The number of ether oxygens (including phenoxy) is 1.